The Hall–Kier alpha value is -1.76. The molecule has 0 aliphatic rings. The Balaban J connectivity index is 2.90. The highest BCUT2D eigenvalue weighted by molar-refractivity contribution is 5.87. The van der Waals surface area contributed by atoms with Crippen molar-refractivity contribution < 1.29 is 9.90 Å². The average Bonchev–Trinajstić information content (AvgIpc) is 2.47. The number of rotatable bonds is 1. The minimum atomic E-state index is -1.13. The lowest BCUT2D eigenvalue weighted by atomic mass is 10.3. The van der Waals surface area contributed by atoms with Crippen molar-refractivity contribution in [3.8, 4) is 11.8 Å². The van der Waals surface area contributed by atoms with Gasteiger partial charge in [-0.15, -0.1) is 0 Å². The fourth-order valence-corrected chi connectivity index (χ4v) is 0.815. The van der Waals surface area contributed by atoms with Gasteiger partial charge < -0.3 is 10.1 Å². The molecule has 2 N–H and O–H groups in total. The van der Waals surface area contributed by atoms with Crippen molar-refractivity contribution in [1.29, 1.82) is 0 Å². The van der Waals surface area contributed by atoms with Gasteiger partial charge in [0.15, 0.2) is 0 Å². The molecule has 0 radical (unpaired) electrons. The minimum Gasteiger partial charge on any atom is -0.472 e. The van der Waals surface area contributed by atoms with Crippen LogP contribution < -0.4 is 0 Å². The predicted molar refractivity (Wildman–Crippen MR) is 42.5 cm³/mol. The molecule has 1 aromatic rings. The summed E-state index contributed by atoms with van der Waals surface area (Å²) in [6.45, 7) is 1.93. The molecule has 62 valence electrons. The highest BCUT2D eigenvalue weighted by Gasteiger charge is 1.98. The number of aliphatic carboxylic acids is 1. The van der Waals surface area contributed by atoms with Crippen LogP contribution in [0.2, 0.25) is 0 Å². The zero-order chi connectivity index (χ0) is 8.97. The first-order chi connectivity index (χ1) is 5.74. The van der Waals surface area contributed by atoms with E-state index in [-0.39, 0.29) is 0 Å². The number of nitrogens with zero attached hydrogens (tertiary/aromatic N) is 1. The summed E-state index contributed by atoms with van der Waals surface area (Å²) in [5, 5.41) is 8.27. The lowest BCUT2D eigenvalue weighted by Gasteiger charge is -1.86. The molecule has 0 saturated carbocycles. The Morgan fingerprint density at radius 3 is 3.17 bits per heavy atom. The first kappa shape index (κ1) is 8.34. The number of imidazole rings is 1. The van der Waals surface area contributed by atoms with E-state index in [1.54, 1.807) is 0 Å². The quantitative estimate of drug-likeness (QED) is 0.591. The Kier molecular flexibility index (Phi) is 2.49. The molecule has 0 bridgehead atoms. The normalized spacial score (nSPS) is 8.75. The van der Waals surface area contributed by atoms with Gasteiger partial charge in [-0.25, -0.2) is 9.78 Å². The van der Waals surface area contributed by atoms with Gasteiger partial charge in [-0.3, -0.25) is 0 Å². The maximum atomic E-state index is 10.1. The molecule has 4 nitrogen and oxygen atoms in total. The summed E-state index contributed by atoms with van der Waals surface area (Å²) in [6, 6.07) is 0. The van der Waals surface area contributed by atoms with Gasteiger partial charge in [-0.1, -0.05) is 6.92 Å². The van der Waals surface area contributed by atoms with E-state index in [1.165, 1.54) is 6.33 Å². The van der Waals surface area contributed by atoms with Crippen molar-refractivity contribution >= 4 is 5.97 Å². The highest BCUT2D eigenvalue weighted by Crippen LogP contribution is 2.00. The number of carboxylic acid groups (broad SMARTS) is 1. The second-order valence-electron chi connectivity index (χ2n) is 2.13. The first-order valence-electron chi connectivity index (χ1n) is 3.51. The summed E-state index contributed by atoms with van der Waals surface area (Å²) in [5.74, 6) is 3.36. The number of carboxylic acids is 1. The first-order valence-corrected chi connectivity index (χ1v) is 3.51. The number of aryl methyl sites for hydroxylation is 1. The molecule has 0 saturated heterocycles. The van der Waals surface area contributed by atoms with E-state index >= 15 is 0 Å². The Morgan fingerprint density at radius 2 is 2.58 bits per heavy atom. The zero-order valence-electron chi connectivity index (χ0n) is 6.59. The molecular weight excluding hydrogens is 156 g/mol. The van der Waals surface area contributed by atoms with Crippen LogP contribution in [-0.2, 0) is 11.2 Å². The molecule has 1 heterocycles. The van der Waals surface area contributed by atoms with Gasteiger partial charge in [0.25, 0.3) is 0 Å². The largest absolute Gasteiger partial charge is 0.472 e. The molecule has 0 atom stereocenters. The summed E-state index contributed by atoms with van der Waals surface area (Å²) in [7, 11) is 0. The van der Waals surface area contributed by atoms with Crippen molar-refractivity contribution in [2.75, 3.05) is 0 Å². The van der Waals surface area contributed by atoms with Crippen LogP contribution in [-0.4, -0.2) is 21.0 Å². The average molecular weight is 164 g/mol. The summed E-state index contributed by atoms with van der Waals surface area (Å²) in [4.78, 5) is 16.8. The molecule has 12 heavy (non-hydrogen) atoms. The monoisotopic (exact) mass is 164 g/mol. The molecule has 4 heteroatoms. The second-order valence-corrected chi connectivity index (χ2v) is 2.13. The van der Waals surface area contributed by atoms with Crippen LogP contribution in [0.15, 0.2) is 6.33 Å². The third kappa shape index (κ3) is 1.86. The number of carbonyl (C=O) groups is 1. The second kappa shape index (κ2) is 3.58. The summed E-state index contributed by atoms with van der Waals surface area (Å²) in [5.41, 5.74) is 1.38. The Morgan fingerprint density at radius 1 is 1.83 bits per heavy atom. The van der Waals surface area contributed by atoms with E-state index in [1.807, 2.05) is 12.8 Å². The fourth-order valence-electron chi connectivity index (χ4n) is 0.815. The van der Waals surface area contributed by atoms with Crippen LogP contribution in [0.1, 0.15) is 18.3 Å². The van der Waals surface area contributed by atoms with Gasteiger partial charge in [-0.05, 0) is 12.3 Å². The zero-order valence-corrected chi connectivity index (χ0v) is 6.59. The number of H-pyrrole nitrogens is 1. The van der Waals surface area contributed by atoms with Crippen molar-refractivity contribution in [2.45, 2.75) is 13.3 Å². The van der Waals surface area contributed by atoms with Gasteiger partial charge >= 0.3 is 5.97 Å². The van der Waals surface area contributed by atoms with Gasteiger partial charge in [0.2, 0.25) is 0 Å². The van der Waals surface area contributed by atoms with Crippen LogP contribution in [0, 0.1) is 11.8 Å². The molecule has 0 spiro atoms. The molecule has 1 aromatic heterocycles. The fraction of sp³-hybridized carbons (Fsp3) is 0.250. The SMILES string of the molecule is CCc1nc[nH]c1C#CC(=O)O. The van der Waals surface area contributed by atoms with Crippen molar-refractivity contribution in [1.82, 2.24) is 9.97 Å². The minimum absolute atomic E-state index is 0.583. The molecule has 0 fully saturated rings. The van der Waals surface area contributed by atoms with Gasteiger partial charge in [-0.2, -0.15) is 0 Å². The summed E-state index contributed by atoms with van der Waals surface area (Å²) in [6.07, 6.45) is 2.25. The number of aromatic amines is 1. The topological polar surface area (TPSA) is 66.0 Å². The molecule has 0 aliphatic heterocycles. The molecule has 1 rings (SSSR count). The molecule has 0 unspecified atom stereocenters. The number of aromatic nitrogens is 2. The Labute approximate surface area is 69.6 Å². The number of hydrogen-bond acceptors (Lipinski definition) is 2. The molecular formula is C8H8N2O2. The smallest absolute Gasteiger partial charge is 0.382 e. The summed E-state index contributed by atoms with van der Waals surface area (Å²) >= 11 is 0. The van der Waals surface area contributed by atoms with Crippen molar-refractivity contribution in [2.24, 2.45) is 0 Å². The summed E-state index contributed by atoms with van der Waals surface area (Å²) < 4.78 is 0. The van der Waals surface area contributed by atoms with Crippen molar-refractivity contribution in [3.63, 3.8) is 0 Å². The van der Waals surface area contributed by atoms with Crippen LogP contribution in [0.25, 0.3) is 0 Å². The highest BCUT2D eigenvalue weighted by atomic mass is 16.4. The molecule has 0 amide bonds. The van der Waals surface area contributed by atoms with E-state index in [4.69, 9.17) is 5.11 Å². The van der Waals surface area contributed by atoms with E-state index in [0.717, 1.165) is 12.1 Å². The molecule has 0 aliphatic carbocycles. The van der Waals surface area contributed by atoms with Gasteiger partial charge in [0.05, 0.1) is 12.0 Å². The van der Waals surface area contributed by atoms with Crippen LogP contribution in [0.5, 0.6) is 0 Å². The van der Waals surface area contributed by atoms with Gasteiger partial charge in [0, 0.05) is 5.92 Å². The van der Waals surface area contributed by atoms with E-state index in [2.05, 4.69) is 15.9 Å². The van der Waals surface area contributed by atoms with Gasteiger partial charge in [0.1, 0.15) is 5.69 Å². The third-order valence-electron chi connectivity index (χ3n) is 1.35. The number of hydrogen-bond donors (Lipinski definition) is 2. The van der Waals surface area contributed by atoms with E-state index < -0.39 is 5.97 Å². The predicted octanol–water partition coefficient (Wildman–Crippen LogP) is 0.408. The van der Waals surface area contributed by atoms with Crippen molar-refractivity contribution in [3.05, 3.63) is 17.7 Å². The van der Waals surface area contributed by atoms with E-state index in [9.17, 15) is 4.79 Å². The Bertz CT molecular complexity index is 343. The third-order valence-corrected chi connectivity index (χ3v) is 1.35. The lowest BCUT2D eigenvalue weighted by molar-refractivity contribution is -0.130. The lowest BCUT2D eigenvalue weighted by Crippen LogP contribution is -1.89. The standard InChI is InChI=1S/C8H8N2O2/c1-2-6-7(10-5-9-6)3-4-8(11)12/h5H,2H2,1H3,(H,9,10)(H,11,12). The van der Waals surface area contributed by atoms with E-state index in [0.29, 0.717) is 5.69 Å². The number of nitrogens with one attached hydrogen (secondary N) is 1. The van der Waals surface area contributed by atoms with Crippen LogP contribution in [0.3, 0.4) is 0 Å². The van der Waals surface area contributed by atoms with Crippen LogP contribution >= 0.6 is 0 Å². The maximum Gasteiger partial charge on any atom is 0.382 e. The maximum absolute atomic E-state index is 10.1. The van der Waals surface area contributed by atoms with Crippen LogP contribution in [0.4, 0.5) is 0 Å². The molecule has 0 aromatic carbocycles.